The third-order valence-electron chi connectivity index (χ3n) is 9.51. The van der Waals surface area contributed by atoms with Gasteiger partial charge in [-0.1, -0.05) is 6.92 Å². The van der Waals surface area contributed by atoms with Gasteiger partial charge in [-0.15, -0.1) is 0 Å². The number of carbonyl (C=O) groups is 1. The number of ether oxygens (including phenoxy) is 1. The van der Waals surface area contributed by atoms with Crippen molar-refractivity contribution >= 4 is 5.78 Å². The fourth-order valence-electron chi connectivity index (χ4n) is 8.52. The Balaban J connectivity index is 1.53. The van der Waals surface area contributed by atoms with Gasteiger partial charge in [-0.25, -0.2) is 0 Å². The molecule has 0 radical (unpaired) electrons. The minimum absolute atomic E-state index is 0.108. The molecule has 5 rings (SSSR count). The van der Waals surface area contributed by atoms with Crippen LogP contribution in [0.4, 0.5) is 0 Å². The van der Waals surface area contributed by atoms with E-state index >= 15 is 0 Å². The van der Waals surface area contributed by atoms with Gasteiger partial charge in [-0.2, -0.15) is 0 Å². The van der Waals surface area contributed by atoms with Crippen LogP contribution in [0.25, 0.3) is 0 Å². The van der Waals surface area contributed by atoms with Crippen LogP contribution in [0.15, 0.2) is 0 Å². The molecule has 0 aromatic carbocycles. The summed E-state index contributed by atoms with van der Waals surface area (Å²) in [5, 5.41) is 41.0. The Morgan fingerprint density at radius 3 is 2.59 bits per heavy atom. The summed E-state index contributed by atoms with van der Waals surface area (Å²) >= 11 is 0. The van der Waals surface area contributed by atoms with Crippen LogP contribution in [0, 0.1) is 40.4 Å². The van der Waals surface area contributed by atoms with E-state index in [1.807, 2.05) is 0 Å². The molecule has 4 saturated carbocycles. The highest BCUT2D eigenvalue weighted by Gasteiger charge is 2.72. The number of hydrogen-bond acceptors (Lipinski definition) is 6. The molecule has 27 heavy (non-hydrogen) atoms. The lowest BCUT2D eigenvalue weighted by Gasteiger charge is -2.60. The Morgan fingerprint density at radius 2 is 1.85 bits per heavy atom. The van der Waals surface area contributed by atoms with Gasteiger partial charge in [-0.3, -0.25) is 4.79 Å². The van der Waals surface area contributed by atoms with Gasteiger partial charge in [0.2, 0.25) is 0 Å². The van der Waals surface area contributed by atoms with Crippen molar-refractivity contribution in [3.8, 4) is 0 Å². The second-order valence-electron chi connectivity index (χ2n) is 10.2. The number of aliphatic hydroxyl groups is 4. The van der Waals surface area contributed by atoms with E-state index in [0.29, 0.717) is 31.1 Å². The summed E-state index contributed by atoms with van der Waals surface area (Å²) in [4.78, 5) is 12.4. The smallest absolute Gasteiger partial charge is 0.162 e. The summed E-state index contributed by atoms with van der Waals surface area (Å²) in [7, 11) is 0. The Morgan fingerprint density at radius 1 is 1.07 bits per heavy atom. The summed E-state index contributed by atoms with van der Waals surface area (Å²) in [5.41, 5.74) is -0.650. The SMILES string of the molecule is C[C@]12CC(O)C(O)CC1CC[C@H]1[C@@H]3CC[C@H](C(=O)CO)[C@@]34CC(OC4O)[C@@H]12. The number of ketones is 1. The van der Waals surface area contributed by atoms with E-state index in [1.165, 1.54) is 0 Å². The minimum Gasteiger partial charge on any atom is -0.390 e. The van der Waals surface area contributed by atoms with Crippen molar-refractivity contribution in [3.05, 3.63) is 0 Å². The quantitative estimate of drug-likeness (QED) is 0.566. The molecule has 1 aliphatic heterocycles. The highest BCUT2D eigenvalue weighted by Crippen LogP contribution is 2.71. The average Bonchev–Trinajstić information content (AvgIpc) is 3.15. The molecule has 5 unspecified atom stereocenters. The molecule has 6 nitrogen and oxygen atoms in total. The zero-order valence-corrected chi connectivity index (χ0v) is 16.0. The Hall–Kier alpha value is -0.530. The van der Waals surface area contributed by atoms with Crippen molar-refractivity contribution in [2.45, 2.75) is 76.5 Å². The first kappa shape index (κ1) is 18.5. The van der Waals surface area contributed by atoms with Gasteiger partial charge in [0.1, 0.15) is 6.61 Å². The third kappa shape index (κ3) is 2.22. The molecule has 1 saturated heterocycles. The lowest BCUT2D eigenvalue weighted by atomic mass is 9.44. The topological polar surface area (TPSA) is 107 Å². The second kappa shape index (κ2) is 5.99. The number of carbonyl (C=O) groups excluding carboxylic acids is 1. The first-order valence-electron chi connectivity index (χ1n) is 10.7. The maximum absolute atomic E-state index is 12.4. The van der Waals surface area contributed by atoms with Crippen molar-refractivity contribution in [2.75, 3.05) is 6.61 Å². The maximum atomic E-state index is 12.4. The zero-order valence-electron chi connectivity index (χ0n) is 16.0. The molecular formula is C21H32O6. The van der Waals surface area contributed by atoms with Gasteiger partial charge in [0.15, 0.2) is 12.1 Å². The van der Waals surface area contributed by atoms with Gasteiger partial charge in [-0.05, 0) is 74.0 Å². The van der Waals surface area contributed by atoms with Gasteiger partial charge < -0.3 is 25.2 Å². The van der Waals surface area contributed by atoms with Crippen LogP contribution in [0.5, 0.6) is 0 Å². The first-order valence-corrected chi connectivity index (χ1v) is 10.7. The van der Waals surface area contributed by atoms with Crippen LogP contribution in [-0.4, -0.2) is 57.4 Å². The van der Waals surface area contributed by atoms with Crippen molar-refractivity contribution in [1.29, 1.82) is 0 Å². The molecule has 1 heterocycles. The number of Topliss-reactive ketones (excluding diaryl/α,β-unsaturated/α-hetero) is 1. The van der Waals surface area contributed by atoms with Crippen molar-refractivity contribution in [3.63, 3.8) is 0 Å². The van der Waals surface area contributed by atoms with Crippen LogP contribution in [0.1, 0.15) is 51.9 Å². The van der Waals surface area contributed by atoms with Crippen molar-refractivity contribution < 1.29 is 30.0 Å². The Kier molecular flexibility index (Phi) is 4.10. The summed E-state index contributed by atoms with van der Waals surface area (Å²) < 4.78 is 6.14. The number of hydrogen-bond donors (Lipinski definition) is 4. The Labute approximate surface area is 159 Å². The molecule has 0 aromatic rings. The fourth-order valence-corrected chi connectivity index (χ4v) is 8.52. The van der Waals surface area contributed by atoms with E-state index in [4.69, 9.17) is 4.74 Å². The number of rotatable bonds is 2. The molecular weight excluding hydrogens is 348 g/mol. The van der Waals surface area contributed by atoms with Gasteiger partial charge in [0.25, 0.3) is 0 Å². The molecule has 4 N–H and O–H groups in total. The van der Waals surface area contributed by atoms with Gasteiger partial charge in [0, 0.05) is 11.3 Å². The van der Waals surface area contributed by atoms with E-state index in [0.717, 1.165) is 25.7 Å². The van der Waals surface area contributed by atoms with E-state index < -0.39 is 30.5 Å². The fraction of sp³-hybridized carbons (Fsp3) is 0.952. The molecule has 5 aliphatic rings. The highest BCUT2D eigenvalue weighted by molar-refractivity contribution is 5.83. The van der Waals surface area contributed by atoms with Crippen molar-refractivity contribution in [1.82, 2.24) is 0 Å². The summed E-state index contributed by atoms with van der Waals surface area (Å²) in [5.74, 6) is 0.756. The van der Waals surface area contributed by atoms with Gasteiger partial charge >= 0.3 is 0 Å². The number of fused-ring (bicyclic) bond motifs is 6. The summed E-state index contributed by atoms with van der Waals surface area (Å²) in [6, 6.07) is 0. The molecule has 1 spiro atoms. The molecule has 0 amide bonds. The highest BCUT2D eigenvalue weighted by atomic mass is 16.6. The molecule has 11 atom stereocenters. The molecule has 0 aromatic heterocycles. The van der Waals surface area contributed by atoms with Crippen molar-refractivity contribution in [2.24, 2.45) is 40.4 Å². The molecule has 152 valence electrons. The standard InChI is InChI=1S/C21H32O6/c1-20-7-15(24)14(23)6-10(20)2-3-11-12-4-5-13(16(25)9-22)21(12)8-17(18(11)20)27-19(21)26/h10-15,17-19,22-24,26H,2-9H2,1H3/t10?,11-,12-,13+,14?,15?,17?,18+,19?,20-,21+/m0/s1. The van der Waals surface area contributed by atoms with Crippen LogP contribution >= 0.6 is 0 Å². The van der Waals surface area contributed by atoms with E-state index in [9.17, 15) is 25.2 Å². The molecule has 4 aliphatic carbocycles. The molecule has 5 fully saturated rings. The largest absolute Gasteiger partial charge is 0.390 e. The lowest BCUT2D eigenvalue weighted by molar-refractivity contribution is -0.176. The van der Waals surface area contributed by atoms with Crippen LogP contribution in [0.3, 0.4) is 0 Å². The second-order valence-corrected chi connectivity index (χ2v) is 10.2. The van der Waals surface area contributed by atoms with E-state index in [2.05, 4.69) is 6.92 Å². The van der Waals surface area contributed by atoms with Crippen LogP contribution < -0.4 is 0 Å². The van der Waals surface area contributed by atoms with E-state index in [-0.39, 0.29) is 35.1 Å². The minimum atomic E-state index is -0.942. The normalized spacial score (nSPS) is 59.1. The van der Waals surface area contributed by atoms with Crippen LogP contribution in [-0.2, 0) is 9.53 Å². The van der Waals surface area contributed by atoms with Crippen LogP contribution in [0.2, 0.25) is 0 Å². The lowest BCUT2D eigenvalue weighted by Crippen LogP contribution is -2.60. The van der Waals surface area contributed by atoms with Gasteiger partial charge in [0.05, 0.1) is 18.3 Å². The summed E-state index contributed by atoms with van der Waals surface area (Å²) in [6.45, 7) is 1.78. The predicted octanol–water partition coefficient (Wildman–Crippen LogP) is 0.846. The Bertz CT molecular complexity index is 638. The molecule has 2 bridgehead atoms. The maximum Gasteiger partial charge on any atom is 0.162 e. The summed E-state index contributed by atoms with van der Waals surface area (Å²) in [6.07, 6.45) is 3.18. The first-order chi connectivity index (χ1) is 12.8. The van der Waals surface area contributed by atoms with E-state index in [1.54, 1.807) is 0 Å². The predicted molar refractivity (Wildman–Crippen MR) is 95.3 cm³/mol. The molecule has 6 heteroatoms. The third-order valence-corrected chi connectivity index (χ3v) is 9.51. The monoisotopic (exact) mass is 380 g/mol. The average molecular weight is 380 g/mol. The zero-order chi connectivity index (χ0) is 19.1. The number of aliphatic hydroxyl groups excluding tert-OH is 4.